The van der Waals surface area contributed by atoms with Crippen molar-refractivity contribution >= 4 is 10.0 Å². The highest BCUT2D eigenvalue weighted by Gasteiger charge is 2.26. The molecule has 4 nitrogen and oxygen atoms in total. The normalized spacial score (nSPS) is 17.7. The van der Waals surface area contributed by atoms with Gasteiger partial charge in [-0.2, -0.15) is 0 Å². The number of nitrogens with one attached hydrogen (secondary N) is 1. The second kappa shape index (κ2) is 6.81. The molecule has 0 bridgehead atoms. The summed E-state index contributed by atoms with van der Waals surface area (Å²) in [6.07, 6.45) is 5.43. The molecule has 0 radical (unpaired) electrons. The fraction of sp³-hybridized carbons (Fsp3) is 0.571. The molecular formula is C14H19F2NO3S. The van der Waals surface area contributed by atoms with Crippen LogP contribution in [0.4, 0.5) is 8.78 Å². The third kappa shape index (κ3) is 3.78. The molecule has 0 saturated heterocycles. The van der Waals surface area contributed by atoms with Gasteiger partial charge in [0.25, 0.3) is 0 Å². The number of aliphatic hydroxyl groups is 1. The minimum atomic E-state index is -4.06. The Kier molecular flexibility index (Phi) is 5.29. The first-order valence-corrected chi connectivity index (χ1v) is 8.54. The lowest BCUT2D eigenvalue weighted by Crippen LogP contribution is -2.35. The number of rotatable bonds is 4. The van der Waals surface area contributed by atoms with Crippen LogP contribution in [0.3, 0.4) is 0 Å². The molecule has 1 saturated carbocycles. The van der Waals surface area contributed by atoms with E-state index in [4.69, 9.17) is 5.11 Å². The summed E-state index contributed by atoms with van der Waals surface area (Å²) in [5.74, 6) is -2.18. The summed E-state index contributed by atoms with van der Waals surface area (Å²) in [6.45, 7) is -0.884. The van der Waals surface area contributed by atoms with Gasteiger partial charge >= 0.3 is 0 Å². The minimum absolute atomic E-state index is 0.223. The molecule has 0 atom stereocenters. The highest BCUT2D eigenvalue weighted by atomic mass is 32.2. The van der Waals surface area contributed by atoms with Crippen molar-refractivity contribution in [3.05, 3.63) is 29.3 Å². The molecule has 1 aromatic rings. The quantitative estimate of drug-likeness (QED) is 0.838. The van der Waals surface area contributed by atoms with E-state index in [9.17, 15) is 17.2 Å². The molecule has 21 heavy (non-hydrogen) atoms. The molecule has 1 fully saturated rings. The summed E-state index contributed by atoms with van der Waals surface area (Å²) in [6, 6.07) is 1.53. The van der Waals surface area contributed by atoms with Crippen LogP contribution in [0.2, 0.25) is 0 Å². The highest BCUT2D eigenvalue weighted by Crippen LogP contribution is 2.23. The van der Waals surface area contributed by atoms with Crippen molar-refractivity contribution in [1.29, 1.82) is 0 Å². The zero-order valence-electron chi connectivity index (χ0n) is 11.6. The van der Waals surface area contributed by atoms with E-state index in [2.05, 4.69) is 4.72 Å². The lowest BCUT2D eigenvalue weighted by atomic mass is 10.1. The fourth-order valence-corrected chi connectivity index (χ4v) is 4.02. The number of benzene rings is 1. The zero-order valence-corrected chi connectivity index (χ0v) is 12.4. The molecule has 0 aliphatic heterocycles. The Balaban J connectivity index is 2.27. The van der Waals surface area contributed by atoms with Crippen LogP contribution in [0.15, 0.2) is 17.0 Å². The van der Waals surface area contributed by atoms with Crippen LogP contribution in [-0.2, 0) is 16.6 Å². The van der Waals surface area contributed by atoms with Crippen LogP contribution in [0.25, 0.3) is 0 Å². The number of sulfonamides is 1. The molecule has 0 aromatic heterocycles. The van der Waals surface area contributed by atoms with Crippen LogP contribution in [0, 0.1) is 11.6 Å². The molecule has 2 N–H and O–H groups in total. The molecular weight excluding hydrogens is 300 g/mol. The lowest BCUT2D eigenvalue weighted by molar-refractivity contribution is 0.267. The van der Waals surface area contributed by atoms with Crippen molar-refractivity contribution < 1.29 is 22.3 Å². The smallest absolute Gasteiger partial charge is 0.243 e. The third-order valence-electron chi connectivity index (χ3n) is 3.78. The van der Waals surface area contributed by atoms with Crippen LogP contribution >= 0.6 is 0 Å². The Morgan fingerprint density at radius 3 is 2.33 bits per heavy atom. The molecule has 0 unspecified atom stereocenters. The lowest BCUT2D eigenvalue weighted by Gasteiger charge is -2.17. The van der Waals surface area contributed by atoms with Gasteiger partial charge < -0.3 is 5.11 Å². The van der Waals surface area contributed by atoms with Gasteiger partial charge in [0.2, 0.25) is 10.0 Å². The van der Waals surface area contributed by atoms with Crippen LogP contribution in [0.5, 0.6) is 0 Å². The van der Waals surface area contributed by atoms with E-state index in [1.54, 1.807) is 0 Å². The first-order valence-electron chi connectivity index (χ1n) is 7.06. The standard InChI is InChI=1S/C14H19F2NO3S/c15-12-7-8-13(14(16)11(12)9-18)21(19,20)17-10-5-3-1-2-4-6-10/h7-8,10,17-18H,1-6,9H2. The first-order chi connectivity index (χ1) is 9.95. The average molecular weight is 319 g/mol. The third-order valence-corrected chi connectivity index (χ3v) is 5.31. The maximum absolute atomic E-state index is 14.0. The summed E-state index contributed by atoms with van der Waals surface area (Å²) in [7, 11) is -4.06. The largest absolute Gasteiger partial charge is 0.391 e. The zero-order chi connectivity index (χ0) is 15.5. The van der Waals surface area contributed by atoms with E-state index in [0.717, 1.165) is 50.7 Å². The van der Waals surface area contributed by atoms with Crippen molar-refractivity contribution in [1.82, 2.24) is 4.72 Å². The number of hydrogen-bond donors (Lipinski definition) is 2. The van der Waals surface area contributed by atoms with Crippen molar-refractivity contribution in [2.24, 2.45) is 0 Å². The minimum Gasteiger partial charge on any atom is -0.391 e. The van der Waals surface area contributed by atoms with E-state index in [0.29, 0.717) is 0 Å². The number of halogens is 2. The summed E-state index contributed by atoms with van der Waals surface area (Å²) in [5.41, 5.74) is -0.626. The van der Waals surface area contributed by atoms with Gasteiger partial charge in [-0.3, -0.25) is 0 Å². The molecule has 2 rings (SSSR count). The Hall–Kier alpha value is -1.05. The van der Waals surface area contributed by atoms with Crippen molar-refractivity contribution in [2.45, 2.75) is 56.1 Å². The molecule has 7 heteroatoms. The van der Waals surface area contributed by atoms with Crippen molar-refractivity contribution in [2.75, 3.05) is 0 Å². The summed E-state index contributed by atoms with van der Waals surface area (Å²) in [4.78, 5) is -0.614. The summed E-state index contributed by atoms with van der Waals surface area (Å²) < 4.78 is 54.4. The monoisotopic (exact) mass is 319 g/mol. The Bertz CT molecular complexity index is 596. The molecule has 1 aromatic carbocycles. The first kappa shape index (κ1) is 16.3. The topological polar surface area (TPSA) is 66.4 Å². The molecule has 0 amide bonds. The van der Waals surface area contributed by atoms with Crippen molar-refractivity contribution in [3.8, 4) is 0 Å². The van der Waals surface area contributed by atoms with E-state index < -0.39 is 38.7 Å². The SMILES string of the molecule is O=S(=O)(NC1CCCCCC1)c1ccc(F)c(CO)c1F. The van der Waals surface area contributed by atoms with Gasteiger partial charge in [0, 0.05) is 6.04 Å². The van der Waals surface area contributed by atoms with Gasteiger partial charge in [-0.15, -0.1) is 0 Å². The number of hydrogen-bond acceptors (Lipinski definition) is 3. The van der Waals surface area contributed by atoms with Gasteiger partial charge in [0.1, 0.15) is 10.7 Å². The maximum Gasteiger partial charge on any atom is 0.243 e. The van der Waals surface area contributed by atoms with Crippen LogP contribution in [0.1, 0.15) is 44.1 Å². The molecule has 1 aliphatic rings. The second-order valence-electron chi connectivity index (χ2n) is 5.31. The van der Waals surface area contributed by atoms with Gasteiger partial charge in [-0.05, 0) is 25.0 Å². The molecule has 0 spiro atoms. The van der Waals surface area contributed by atoms with Gasteiger partial charge in [-0.25, -0.2) is 21.9 Å². The Labute approximate surface area is 123 Å². The Morgan fingerprint density at radius 1 is 1.14 bits per heavy atom. The van der Waals surface area contributed by atoms with Crippen molar-refractivity contribution in [3.63, 3.8) is 0 Å². The fourth-order valence-electron chi connectivity index (χ4n) is 2.61. The summed E-state index contributed by atoms with van der Waals surface area (Å²) in [5, 5.41) is 8.95. The Morgan fingerprint density at radius 2 is 1.76 bits per heavy atom. The predicted molar refractivity (Wildman–Crippen MR) is 74.1 cm³/mol. The average Bonchev–Trinajstić information content (AvgIpc) is 2.67. The number of aliphatic hydroxyl groups excluding tert-OH is 1. The van der Waals surface area contributed by atoms with Crippen LogP contribution < -0.4 is 4.72 Å². The van der Waals surface area contributed by atoms with Gasteiger partial charge in [0.15, 0.2) is 5.82 Å². The molecule has 0 heterocycles. The molecule has 118 valence electrons. The van der Waals surface area contributed by atoms with E-state index in [1.165, 1.54) is 0 Å². The van der Waals surface area contributed by atoms with Crippen LogP contribution in [-0.4, -0.2) is 19.6 Å². The van der Waals surface area contributed by atoms with E-state index >= 15 is 0 Å². The molecule has 1 aliphatic carbocycles. The van der Waals surface area contributed by atoms with E-state index in [-0.39, 0.29) is 6.04 Å². The maximum atomic E-state index is 14.0. The second-order valence-corrected chi connectivity index (χ2v) is 6.99. The van der Waals surface area contributed by atoms with E-state index in [1.807, 2.05) is 0 Å². The van der Waals surface area contributed by atoms with Gasteiger partial charge in [0.05, 0.1) is 12.2 Å². The highest BCUT2D eigenvalue weighted by molar-refractivity contribution is 7.89. The van der Waals surface area contributed by atoms with Gasteiger partial charge in [-0.1, -0.05) is 25.7 Å². The predicted octanol–water partition coefficient (Wildman–Crippen LogP) is 2.46. The summed E-state index contributed by atoms with van der Waals surface area (Å²) >= 11 is 0.